The summed E-state index contributed by atoms with van der Waals surface area (Å²) in [6.45, 7) is 11.5. The fourth-order valence-electron chi connectivity index (χ4n) is 2.86. The fourth-order valence-corrected chi connectivity index (χ4v) is 3.65. The Labute approximate surface area is 138 Å². The molecule has 0 radical (unpaired) electrons. The van der Waals surface area contributed by atoms with Crippen molar-refractivity contribution in [3.63, 3.8) is 0 Å². The Morgan fingerprint density at radius 1 is 1.45 bits per heavy atom. The molecule has 0 bridgehead atoms. The van der Waals surface area contributed by atoms with Gasteiger partial charge in [-0.25, -0.2) is 4.98 Å². The molecule has 0 saturated carbocycles. The van der Waals surface area contributed by atoms with Crippen molar-refractivity contribution in [2.75, 3.05) is 32.7 Å². The van der Waals surface area contributed by atoms with Crippen LogP contribution in [0.3, 0.4) is 0 Å². The maximum Gasteiger partial charge on any atom is 0.191 e. The highest BCUT2D eigenvalue weighted by atomic mass is 32.1. The minimum atomic E-state index is 0.613. The molecule has 124 valence electrons. The van der Waals surface area contributed by atoms with Gasteiger partial charge in [0.2, 0.25) is 0 Å². The van der Waals surface area contributed by atoms with Crippen LogP contribution in [0, 0.1) is 6.92 Å². The van der Waals surface area contributed by atoms with Gasteiger partial charge in [-0.2, -0.15) is 0 Å². The lowest BCUT2D eigenvalue weighted by Crippen LogP contribution is -2.40. The van der Waals surface area contributed by atoms with E-state index in [-0.39, 0.29) is 0 Å². The number of aromatic nitrogens is 1. The van der Waals surface area contributed by atoms with Crippen LogP contribution in [-0.4, -0.2) is 54.6 Å². The van der Waals surface area contributed by atoms with Crippen LogP contribution in [0.25, 0.3) is 0 Å². The Balaban J connectivity index is 1.79. The summed E-state index contributed by atoms with van der Waals surface area (Å²) in [5.41, 5.74) is 0. The van der Waals surface area contributed by atoms with E-state index >= 15 is 0 Å². The fraction of sp³-hybridized carbons (Fsp3) is 0.750. The lowest BCUT2D eigenvalue weighted by atomic mass is 10.2. The van der Waals surface area contributed by atoms with E-state index in [1.54, 1.807) is 11.3 Å². The van der Waals surface area contributed by atoms with Gasteiger partial charge in [0.1, 0.15) is 0 Å². The maximum absolute atomic E-state index is 4.77. The quantitative estimate of drug-likeness (QED) is 0.595. The summed E-state index contributed by atoms with van der Waals surface area (Å²) < 4.78 is 0. The summed E-state index contributed by atoms with van der Waals surface area (Å²) in [7, 11) is 0. The highest BCUT2D eigenvalue weighted by Crippen LogP contribution is 2.16. The van der Waals surface area contributed by atoms with E-state index in [2.05, 4.69) is 41.3 Å². The molecule has 1 unspecified atom stereocenters. The molecule has 1 aliphatic heterocycles. The van der Waals surface area contributed by atoms with Crippen LogP contribution in [0.2, 0.25) is 0 Å². The van der Waals surface area contributed by atoms with Crippen molar-refractivity contribution in [2.24, 2.45) is 4.99 Å². The third-order valence-electron chi connectivity index (χ3n) is 4.01. The van der Waals surface area contributed by atoms with E-state index < -0.39 is 0 Å². The SMILES string of the molecule is CCNC(=NCC1CCCN1CC)NCCc1ncc(C)s1. The average Bonchev–Trinajstić information content (AvgIpc) is 3.13. The molecule has 2 N–H and O–H groups in total. The summed E-state index contributed by atoms with van der Waals surface area (Å²) in [6, 6.07) is 0.613. The third-order valence-corrected chi connectivity index (χ3v) is 4.98. The van der Waals surface area contributed by atoms with Crippen molar-refractivity contribution in [3.8, 4) is 0 Å². The smallest absolute Gasteiger partial charge is 0.191 e. The second kappa shape index (κ2) is 9.10. The number of likely N-dealkylation sites (N-methyl/N-ethyl adjacent to an activating group) is 1. The molecule has 0 aliphatic carbocycles. The van der Waals surface area contributed by atoms with E-state index in [0.717, 1.165) is 38.6 Å². The number of thiazole rings is 1. The number of aryl methyl sites for hydroxylation is 1. The minimum Gasteiger partial charge on any atom is -0.357 e. The van der Waals surface area contributed by atoms with Crippen molar-refractivity contribution in [3.05, 3.63) is 16.1 Å². The first-order valence-electron chi connectivity index (χ1n) is 8.40. The lowest BCUT2D eigenvalue weighted by Gasteiger charge is -2.21. The first-order chi connectivity index (χ1) is 10.7. The number of hydrogen-bond donors (Lipinski definition) is 2. The van der Waals surface area contributed by atoms with Gasteiger partial charge in [-0.05, 0) is 39.8 Å². The van der Waals surface area contributed by atoms with E-state index in [4.69, 9.17) is 4.99 Å². The monoisotopic (exact) mass is 323 g/mol. The largest absolute Gasteiger partial charge is 0.357 e. The molecule has 1 saturated heterocycles. The van der Waals surface area contributed by atoms with Gasteiger partial charge in [0.15, 0.2) is 5.96 Å². The number of rotatable bonds is 7. The summed E-state index contributed by atoms with van der Waals surface area (Å²) >= 11 is 1.77. The highest BCUT2D eigenvalue weighted by Gasteiger charge is 2.22. The van der Waals surface area contributed by atoms with Crippen LogP contribution < -0.4 is 10.6 Å². The van der Waals surface area contributed by atoms with Gasteiger partial charge in [-0.3, -0.25) is 9.89 Å². The Morgan fingerprint density at radius 3 is 3.00 bits per heavy atom. The predicted molar refractivity (Wildman–Crippen MR) is 94.8 cm³/mol. The minimum absolute atomic E-state index is 0.613. The van der Waals surface area contributed by atoms with Crippen LogP contribution in [0.1, 0.15) is 36.6 Å². The Bertz CT molecular complexity index is 471. The number of aliphatic imine (C=N–C) groups is 1. The molecule has 0 aromatic carbocycles. The van der Waals surface area contributed by atoms with Crippen LogP contribution in [0.5, 0.6) is 0 Å². The van der Waals surface area contributed by atoms with E-state index in [0.29, 0.717) is 6.04 Å². The number of guanidine groups is 1. The lowest BCUT2D eigenvalue weighted by molar-refractivity contribution is 0.273. The topological polar surface area (TPSA) is 52.6 Å². The first kappa shape index (κ1) is 17.2. The van der Waals surface area contributed by atoms with Gasteiger partial charge in [-0.15, -0.1) is 11.3 Å². The Morgan fingerprint density at radius 2 is 2.32 bits per heavy atom. The van der Waals surface area contributed by atoms with Crippen molar-refractivity contribution in [1.29, 1.82) is 0 Å². The van der Waals surface area contributed by atoms with Gasteiger partial charge in [-0.1, -0.05) is 6.92 Å². The van der Waals surface area contributed by atoms with Crippen LogP contribution in [-0.2, 0) is 6.42 Å². The Hall–Kier alpha value is -1.14. The van der Waals surface area contributed by atoms with Crippen LogP contribution >= 0.6 is 11.3 Å². The molecule has 22 heavy (non-hydrogen) atoms. The van der Waals surface area contributed by atoms with Crippen molar-refractivity contribution >= 4 is 17.3 Å². The zero-order valence-corrected chi connectivity index (χ0v) is 14.9. The summed E-state index contributed by atoms with van der Waals surface area (Å²) in [6.07, 6.45) is 5.47. The molecular weight excluding hydrogens is 294 g/mol. The van der Waals surface area contributed by atoms with Crippen LogP contribution in [0.15, 0.2) is 11.2 Å². The molecule has 0 spiro atoms. The van der Waals surface area contributed by atoms with Gasteiger partial charge in [0.25, 0.3) is 0 Å². The molecule has 0 amide bonds. The first-order valence-corrected chi connectivity index (χ1v) is 9.22. The highest BCUT2D eigenvalue weighted by molar-refractivity contribution is 7.11. The normalized spacial score (nSPS) is 19.6. The molecule has 2 rings (SSSR count). The number of hydrogen-bond acceptors (Lipinski definition) is 4. The summed E-state index contributed by atoms with van der Waals surface area (Å²) in [5, 5.41) is 7.95. The van der Waals surface area contributed by atoms with Crippen LogP contribution in [0.4, 0.5) is 0 Å². The second-order valence-corrected chi connectivity index (χ2v) is 7.01. The van der Waals surface area contributed by atoms with Gasteiger partial charge in [0, 0.05) is 36.6 Å². The number of nitrogens with one attached hydrogen (secondary N) is 2. The van der Waals surface area contributed by atoms with Crippen molar-refractivity contribution in [2.45, 2.75) is 46.1 Å². The van der Waals surface area contributed by atoms with Crippen molar-refractivity contribution < 1.29 is 0 Å². The van der Waals surface area contributed by atoms with E-state index in [1.807, 2.05) is 6.20 Å². The predicted octanol–water partition coefficient (Wildman–Crippen LogP) is 2.03. The molecule has 2 heterocycles. The Kier molecular flexibility index (Phi) is 7.12. The number of likely N-dealkylation sites (tertiary alicyclic amines) is 1. The standard InChI is InChI=1S/C16H29N5S/c1-4-17-16(18-9-8-15-19-11-13(3)22-15)20-12-14-7-6-10-21(14)5-2/h11,14H,4-10,12H2,1-3H3,(H2,17,18,20). The molecular formula is C16H29N5S. The molecule has 1 aromatic heterocycles. The molecule has 1 fully saturated rings. The van der Waals surface area contributed by atoms with E-state index in [1.165, 1.54) is 29.3 Å². The van der Waals surface area contributed by atoms with E-state index in [9.17, 15) is 0 Å². The summed E-state index contributed by atoms with van der Waals surface area (Å²) in [5.74, 6) is 0.929. The molecule has 6 heteroatoms. The molecule has 1 aromatic rings. The zero-order valence-electron chi connectivity index (χ0n) is 14.1. The zero-order chi connectivity index (χ0) is 15.8. The third kappa shape index (κ3) is 5.25. The molecule has 1 atom stereocenters. The molecule has 5 nitrogen and oxygen atoms in total. The maximum atomic E-state index is 4.77. The van der Waals surface area contributed by atoms with Gasteiger partial charge < -0.3 is 10.6 Å². The van der Waals surface area contributed by atoms with Crippen molar-refractivity contribution in [1.82, 2.24) is 20.5 Å². The number of nitrogens with zero attached hydrogens (tertiary/aromatic N) is 3. The van der Waals surface area contributed by atoms with Gasteiger partial charge in [0.05, 0.1) is 11.6 Å². The summed E-state index contributed by atoms with van der Waals surface area (Å²) in [4.78, 5) is 13.0. The molecule has 1 aliphatic rings. The second-order valence-electron chi connectivity index (χ2n) is 5.69. The average molecular weight is 324 g/mol. The van der Waals surface area contributed by atoms with Gasteiger partial charge >= 0.3 is 0 Å².